The fraction of sp³-hybridized carbons (Fsp3) is 0.481. The first-order chi connectivity index (χ1) is 16.0. The van der Waals surface area contributed by atoms with E-state index in [0.29, 0.717) is 24.3 Å². The Bertz CT molecular complexity index is 992. The molecular formula is C27H36O7. The van der Waals surface area contributed by atoms with Crippen molar-refractivity contribution < 1.29 is 34.0 Å². The first-order valence-electron chi connectivity index (χ1n) is 11.4. The Morgan fingerprint density at radius 3 is 1.71 bits per heavy atom. The molecule has 2 atom stereocenters. The lowest BCUT2D eigenvalue weighted by molar-refractivity contribution is -0.132. The fourth-order valence-corrected chi connectivity index (χ4v) is 3.84. The van der Waals surface area contributed by atoms with Gasteiger partial charge in [-0.25, -0.2) is 0 Å². The largest absolute Gasteiger partial charge is 0.426 e. The van der Waals surface area contributed by atoms with Gasteiger partial charge >= 0.3 is 11.9 Å². The molecule has 7 nitrogen and oxygen atoms in total. The normalized spacial score (nSPS) is 13.3. The van der Waals surface area contributed by atoms with Gasteiger partial charge in [-0.15, -0.1) is 0 Å². The molecule has 0 aliphatic carbocycles. The Morgan fingerprint density at radius 2 is 1.32 bits per heavy atom. The molecule has 2 N–H and O–H groups in total. The smallest absolute Gasteiger partial charge is 0.308 e. The second-order valence-electron chi connectivity index (χ2n) is 9.19. The molecule has 0 spiro atoms. The number of aliphatic hydroxyl groups excluding tert-OH is 2. The molecule has 2 rings (SSSR count). The lowest BCUT2D eigenvalue weighted by Crippen LogP contribution is -2.22. The van der Waals surface area contributed by atoms with Gasteiger partial charge in [0.1, 0.15) is 11.5 Å². The average molecular weight is 473 g/mol. The van der Waals surface area contributed by atoms with Crippen LogP contribution in [0.15, 0.2) is 36.4 Å². The average Bonchev–Trinajstić information content (AvgIpc) is 2.78. The van der Waals surface area contributed by atoms with Crippen molar-refractivity contribution in [1.82, 2.24) is 0 Å². The summed E-state index contributed by atoms with van der Waals surface area (Å²) in [5.74, 6) is 0.114. The highest BCUT2D eigenvalue weighted by atomic mass is 16.5. The van der Waals surface area contributed by atoms with Crippen LogP contribution in [0, 0.1) is 5.92 Å². The second kappa shape index (κ2) is 12.1. The molecule has 34 heavy (non-hydrogen) atoms. The number of ether oxygens (including phenoxy) is 3. The van der Waals surface area contributed by atoms with Gasteiger partial charge in [-0.1, -0.05) is 45.0 Å². The van der Waals surface area contributed by atoms with Crippen LogP contribution in [-0.4, -0.2) is 48.6 Å². The fourth-order valence-electron chi connectivity index (χ4n) is 3.84. The van der Waals surface area contributed by atoms with Crippen molar-refractivity contribution >= 4 is 11.9 Å². The minimum Gasteiger partial charge on any atom is -0.426 e. The van der Waals surface area contributed by atoms with E-state index >= 15 is 0 Å². The van der Waals surface area contributed by atoms with Crippen LogP contribution < -0.4 is 9.47 Å². The summed E-state index contributed by atoms with van der Waals surface area (Å²) in [5, 5.41) is 19.1. The van der Waals surface area contributed by atoms with Crippen LogP contribution in [0.5, 0.6) is 11.5 Å². The van der Waals surface area contributed by atoms with E-state index < -0.39 is 23.5 Å². The zero-order valence-corrected chi connectivity index (χ0v) is 20.9. The van der Waals surface area contributed by atoms with Gasteiger partial charge in [0, 0.05) is 39.4 Å². The zero-order valence-electron chi connectivity index (χ0n) is 20.9. The van der Waals surface area contributed by atoms with Crippen molar-refractivity contribution in [3.63, 3.8) is 0 Å². The minimum atomic E-state index is -0.447. The minimum absolute atomic E-state index is 0.00625. The highest BCUT2D eigenvalue weighted by Crippen LogP contribution is 2.37. The van der Waals surface area contributed by atoms with Gasteiger partial charge in [-0.2, -0.15) is 0 Å². The Kier molecular flexibility index (Phi) is 9.79. The monoisotopic (exact) mass is 472 g/mol. The third-order valence-corrected chi connectivity index (χ3v) is 5.94. The lowest BCUT2D eigenvalue weighted by Gasteiger charge is -2.29. The van der Waals surface area contributed by atoms with Gasteiger partial charge in [0.2, 0.25) is 0 Å². The second-order valence-corrected chi connectivity index (χ2v) is 9.19. The summed E-state index contributed by atoms with van der Waals surface area (Å²) >= 11 is 0. The first-order valence-corrected chi connectivity index (χ1v) is 11.4. The van der Waals surface area contributed by atoms with Crippen molar-refractivity contribution in [2.75, 3.05) is 20.3 Å². The molecule has 0 heterocycles. The van der Waals surface area contributed by atoms with E-state index in [1.807, 2.05) is 31.2 Å². The molecule has 0 fully saturated rings. The topological polar surface area (TPSA) is 102 Å². The van der Waals surface area contributed by atoms with Gasteiger partial charge in [-0.3, -0.25) is 9.59 Å². The number of carbonyl (C=O) groups is 2. The molecule has 0 amide bonds. The number of carbonyl (C=O) groups excluding carboxylic acids is 2. The number of hydrogen-bond acceptors (Lipinski definition) is 7. The summed E-state index contributed by atoms with van der Waals surface area (Å²) in [5.41, 5.74) is 3.14. The van der Waals surface area contributed by atoms with Crippen LogP contribution in [0.25, 0.3) is 0 Å². The molecule has 186 valence electrons. The highest BCUT2D eigenvalue weighted by molar-refractivity contribution is 5.70. The molecule has 0 radical (unpaired) electrons. The summed E-state index contributed by atoms with van der Waals surface area (Å²) in [7, 11) is 1.53. The van der Waals surface area contributed by atoms with E-state index in [0.717, 1.165) is 22.3 Å². The molecule has 2 aromatic rings. The summed E-state index contributed by atoms with van der Waals surface area (Å²) in [6, 6.07) is 11.4. The lowest BCUT2D eigenvalue weighted by atomic mass is 9.76. The van der Waals surface area contributed by atoms with Crippen LogP contribution in [0.3, 0.4) is 0 Å². The maximum absolute atomic E-state index is 11.6. The van der Waals surface area contributed by atoms with Gasteiger partial charge in [0.25, 0.3) is 0 Å². The SMILES string of the molecule is COC(CO)Cc1cc(C(C)(C)c2ccc(OC(C)=O)c(CC(C)CO)c2)ccc1OC(C)=O. The Balaban J connectivity index is 2.53. The molecule has 0 aromatic heterocycles. The van der Waals surface area contributed by atoms with Crippen LogP contribution in [0.4, 0.5) is 0 Å². The molecule has 0 aliphatic rings. The number of aliphatic hydroxyl groups is 2. The van der Waals surface area contributed by atoms with E-state index in [4.69, 9.17) is 14.2 Å². The van der Waals surface area contributed by atoms with E-state index in [9.17, 15) is 19.8 Å². The third kappa shape index (κ3) is 7.13. The van der Waals surface area contributed by atoms with Gasteiger partial charge in [0.05, 0.1) is 12.7 Å². The highest BCUT2D eigenvalue weighted by Gasteiger charge is 2.27. The van der Waals surface area contributed by atoms with Crippen molar-refractivity contribution in [3.05, 3.63) is 58.7 Å². The number of rotatable bonds is 11. The Hall–Kier alpha value is -2.74. The summed E-state index contributed by atoms with van der Waals surface area (Å²) in [6.45, 7) is 8.68. The van der Waals surface area contributed by atoms with E-state index in [1.54, 1.807) is 12.1 Å². The summed E-state index contributed by atoms with van der Waals surface area (Å²) in [6.07, 6.45) is 0.512. The molecule has 7 heteroatoms. The molecule has 0 aliphatic heterocycles. The number of hydrogen-bond donors (Lipinski definition) is 2. The molecule has 0 saturated carbocycles. The standard InChI is InChI=1S/C27H36O7/c1-17(15-28)11-20-12-22(7-9-25(20)33-18(2)30)27(4,5)23-8-10-26(34-19(3)31)21(13-23)14-24(16-29)32-6/h7-10,12-13,17,24,28-29H,11,14-16H2,1-6H3. The van der Waals surface area contributed by atoms with Crippen molar-refractivity contribution in [3.8, 4) is 11.5 Å². The van der Waals surface area contributed by atoms with Crippen molar-refractivity contribution in [2.24, 2.45) is 5.92 Å². The number of benzene rings is 2. The maximum Gasteiger partial charge on any atom is 0.308 e. The van der Waals surface area contributed by atoms with Gasteiger partial charge in [-0.05, 0) is 46.7 Å². The van der Waals surface area contributed by atoms with Crippen LogP contribution >= 0.6 is 0 Å². The molecular weight excluding hydrogens is 436 g/mol. The Labute approximate surface area is 201 Å². The van der Waals surface area contributed by atoms with Gasteiger partial charge in [0.15, 0.2) is 0 Å². The predicted molar refractivity (Wildman–Crippen MR) is 129 cm³/mol. The van der Waals surface area contributed by atoms with Crippen LogP contribution in [0.1, 0.15) is 56.9 Å². The third-order valence-electron chi connectivity index (χ3n) is 5.94. The maximum atomic E-state index is 11.6. The van der Waals surface area contributed by atoms with E-state index in [2.05, 4.69) is 13.8 Å². The number of methoxy groups -OCH3 is 1. The number of esters is 2. The zero-order chi connectivity index (χ0) is 25.5. The molecule has 2 unspecified atom stereocenters. The Morgan fingerprint density at radius 1 is 0.853 bits per heavy atom. The van der Waals surface area contributed by atoms with E-state index in [-0.39, 0.29) is 19.1 Å². The summed E-state index contributed by atoms with van der Waals surface area (Å²) < 4.78 is 16.1. The molecule has 2 aromatic carbocycles. The molecule has 0 saturated heterocycles. The van der Waals surface area contributed by atoms with Crippen molar-refractivity contribution in [1.29, 1.82) is 0 Å². The van der Waals surface area contributed by atoms with E-state index in [1.165, 1.54) is 21.0 Å². The van der Waals surface area contributed by atoms with Crippen molar-refractivity contribution in [2.45, 2.75) is 59.0 Å². The van der Waals surface area contributed by atoms with Crippen LogP contribution in [0.2, 0.25) is 0 Å². The predicted octanol–water partition coefficient (Wildman–Crippen LogP) is 3.58. The van der Waals surface area contributed by atoms with Crippen LogP contribution in [-0.2, 0) is 32.6 Å². The quantitative estimate of drug-likeness (QED) is 0.381. The van der Waals surface area contributed by atoms with Gasteiger partial charge < -0.3 is 24.4 Å². The molecule has 0 bridgehead atoms. The first kappa shape index (κ1) is 27.5. The summed E-state index contributed by atoms with van der Waals surface area (Å²) in [4.78, 5) is 23.2.